The molecule has 1 aromatic rings. The van der Waals surface area contributed by atoms with Crippen LogP contribution >= 0.6 is 0 Å². The van der Waals surface area contributed by atoms with E-state index in [0.29, 0.717) is 0 Å². The van der Waals surface area contributed by atoms with E-state index in [9.17, 15) is 0 Å². The highest BCUT2D eigenvalue weighted by Crippen LogP contribution is 1.90. The average molecular weight is 180 g/mol. The van der Waals surface area contributed by atoms with Crippen LogP contribution in [0.3, 0.4) is 0 Å². The number of rotatable bonds is 3. The van der Waals surface area contributed by atoms with Crippen molar-refractivity contribution in [2.75, 3.05) is 0 Å². The summed E-state index contributed by atoms with van der Waals surface area (Å²) in [7, 11) is -1.04. The zero-order chi connectivity index (χ0) is 8.81. The largest absolute Gasteiger partial charge is 0.459 e. The third kappa shape index (κ3) is 3.29. The lowest BCUT2D eigenvalue weighted by atomic mass is 10.4. The van der Waals surface area contributed by atoms with Crippen LogP contribution in [0.2, 0.25) is 13.1 Å². The van der Waals surface area contributed by atoms with Crippen molar-refractivity contribution in [1.29, 1.82) is 0 Å². The summed E-state index contributed by atoms with van der Waals surface area (Å²) in [5.74, 6) is 0. The summed E-state index contributed by atoms with van der Waals surface area (Å²) in [6.45, 7) is 4.13. The van der Waals surface area contributed by atoms with Gasteiger partial charge in [-0.2, -0.15) is 0 Å². The molecule has 0 aliphatic rings. The van der Waals surface area contributed by atoms with Gasteiger partial charge >= 0.3 is 0 Å². The first-order chi connectivity index (χ1) is 5.79. The van der Waals surface area contributed by atoms with Gasteiger partial charge in [0.05, 0.1) is 11.9 Å². The zero-order valence-electron chi connectivity index (χ0n) is 7.27. The first kappa shape index (κ1) is 8.93. The van der Waals surface area contributed by atoms with Crippen LogP contribution in [0.25, 0.3) is 0 Å². The van der Waals surface area contributed by atoms with Crippen LogP contribution in [0.15, 0.2) is 29.6 Å². The van der Waals surface area contributed by atoms with Gasteiger partial charge in [-0.1, -0.05) is 6.07 Å². The van der Waals surface area contributed by atoms with Crippen molar-refractivity contribution in [1.82, 2.24) is 4.98 Å². The molecule has 0 saturated heterocycles. The summed E-state index contributed by atoms with van der Waals surface area (Å²) < 4.78 is 5.11. The van der Waals surface area contributed by atoms with Crippen LogP contribution in [0.4, 0.5) is 0 Å². The van der Waals surface area contributed by atoms with Gasteiger partial charge in [-0.3, -0.25) is 4.98 Å². The molecule has 4 heteroatoms. The molecule has 0 spiro atoms. The third-order valence-electron chi connectivity index (χ3n) is 1.14. The van der Waals surface area contributed by atoms with Crippen LogP contribution in [0, 0.1) is 0 Å². The molecule has 0 aliphatic carbocycles. The molecule has 0 bridgehead atoms. The molecule has 0 aliphatic heterocycles. The molecule has 0 radical (unpaired) electrons. The summed E-state index contributed by atoms with van der Waals surface area (Å²) in [4.78, 5) is 4.06. The van der Waals surface area contributed by atoms with Crippen LogP contribution < -0.4 is 0 Å². The molecule has 1 heterocycles. The fourth-order valence-corrected chi connectivity index (χ4v) is 0.963. The van der Waals surface area contributed by atoms with E-state index >= 15 is 0 Å². The summed E-state index contributed by atoms with van der Waals surface area (Å²) in [5.41, 5.74) is 0.826. The van der Waals surface area contributed by atoms with Gasteiger partial charge in [0.2, 0.25) is 0 Å². The molecule has 1 rings (SSSR count). The van der Waals surface area contributed by atoms with Crippen molar-refractivity contribution in [3.8, 4) is 0 Å². The number of nitrogens with zero attached hydrogens (tertiary/aromatic N) is 2. The highest BCUT2D eigenvalue weighted by molar-refractivity contribution is 6.48. The van der Waals surface area contributed by atoms with Gasteiger partial charge in [-0.05, 0) is 25.2 Å². The molecule has 64 valence electrons. The monoisotopic (exact) mass is 180 g/mol. The molecule has 0 fully saturated rings. The Labute approximate surface area is 73.8 Å². The van der Waals surface area contributed by atoms with Crippen molar-refractivity contribution >= 4 is 15.3 Å². The van der Waals surface area contributed by atoms with Gasteiger partial charge in [0.1, 0.15) is 0 Å². The lowest BCUT2D eigenvalue weighted by Gasteiger charge is -1.98. The van der Waals surface area contributed by atoms with Gasteiger partial charge < -0.3 is 4.53 Å². The van der Waals surface area contributed by atoms with E-state index in [1.165, 1.54) is 0 Å². The molecule has 0 N–H and O–H groups in total. The minimum atomic E-state index is -1.04. The number of oxime groups is 1. The van der Waals surface area contributed by atoms with E-state index in [1.54, 1.807) is 12.4 Å². The van der Waals surface area contributed by atoms with Gasteiger partial charge in [0.15, 0.2) is 0 Å². The summed E-state index contributed by atoms with van der Waals surface area (Å²) in [6.07, 6.45) is 3.36. The minimum absolute atomic E-state index is 0.826. The Morgan fingerprint density at radius 3 is 2.92 bits per heavy atom. The normalized spacial score (nSPS) is 10.9. The molecule has 0 atom stereocenters. The second-order valence-corrected chi connectivity index (χ2v) is 4.95. The quantitative estimate of drug-likeness (QED) is 0.400. The third-order valence-corrected chi connectivity index (χ3v) is 1.69. The van der Waals surface area contributed by atoms with Crippen LogP contribution in [0.5, 0.6) is 0 Å². The predicted octanol–water partition coefficient (Wildman–Crippen LogP) is 1.42. The SMILES string of the molecule is C[SiH](C)ON=Cc1ccccn1. The van der Waals surface area contributed by atoms with E-state index < -0.39 is 9.04 Å². The highest BCUT2D eigenvalue weighted by Gasteiger charge is 1.91. The fraction of sp³-hybridized carbons (Fsp3) is 0.250. The van der Waals surface area contributed by atoms with Crippen molar-refractivity contribution in [2.24, 2.45) is 5.16 Å². The lowest BCUT2D eigenvalue weighted by molar-refractivity contribution is 0.354. The summed E-state index contributed by atoms with van der Waals surface area (Å²) in [6, 6.07) is 5.67. The van der Waals surface area contributed by atoms with E-state index in [1.807, 2.05) is 18.2 Å². The fourth-order valence-electron chi connectivity index (χ4n) is 0.658. The Bertz CT molecular complexity index is 248. The molecule has 1 aromatic heterocycles. The van der Waals surface area contributed by atoms with Gasteiger partial charge in [-0.15, -0.1) is 5.16 Å². The number of hydrogen-bond acceptors (Lipinski definition) is 3. The maximum Gasteiger partial charge on any atom is 0.266 e. The lowest BCUT2D eigenvalue weighted by Crippen LogP contribution is -2.02. The maximum absolute atomic E-state index is 5.11. The summed E-state index contributed by atoms with van der Waals surface area (Å²) >= 11 is 0. The zero-order valence-corrected chi connectivity index (χ0v) is 8.42. The molecule has 0 saturated carbocycles. The highest BCUT2D eigenvalue weighted by atomic mass is 28.3. The second kappa shape index (κ2) is 4.66. The predicted molar refractivity (Wildman–Crippen MR) is 51.8 cm³/mol. The van der Waals surface area contributed by atoms with Gasteiger partial charge in [0.25, 0.3) is 9.04 Å². The molecular formula is C8H12N2OSi. The van der Waals surface area contributed by atoms with E-state index in [4.69, 9.17) is 4.53 Å². The Kier molecular flexibility index (Phi) is 3.47. The van der Waals surface area contributed by atoms with Crippen LogP contribution in [-0.4, -0.2) is 20.2 Å². The minimum Gasteiger partial charge on any atom is -0.459 e. The van der Waals surface area contributed by atoms with Crippen molar-refractivity contribution < 1.29 is 4.53 Å². The molecule has 0 aromatic carbocycles. The van der Waals surface area contributed by atoms with Crippen molar-refractivity contribution in [3.05, 3.63) is 30.1 Å². The Hall–Kier alpha value is -1.16. The first-order valence-corrected chi connectivity index (χ1v) is 6.67. The number of pyridine rings is 1. The summed E-state index contributed by atoms with van der Waals surface area (Å²) in [5, 5.41) is 3.82. The number of aromatic nitrogens is 1. The van der Waals surface area contributed by atoms with Crippen molar-refractivity contribution in [2.45, 2.75) is 13.1 Å². The van der Waals surface area contributed by atoms with E-state index in [0.717, 1.165) is 5.69 Å². The van der Waals surface area contributed by atoms with Gasteiger partial charge in [-0.25, -0.2) is 0 Å². The van der Waals surface area contributed by atoms with Crippen LogP contribution in [-0.2, 0) is 4.53 Å². The first-order valence-electron chi connectivity index (χ1n) is 3.89. The van der Waals surface area contributed by atoms with E-state index in [2.05, 4.69) is 23.2 Å². The Morgan fingerprint density at radius 1 is 1.50 bits per heavy atom. The standard InChI is InChI=1S/C8H12N2OSi/c1-12(2)11-10-7-8-5-3-4-6-9-8/h3-7,12H,1-2H3. The van der Waals surface area contributed by atoms with Gasteiger partial charge in [0, 0.05) is 6.20 Å². The second-order valence-electron chi connectivity index (χ2n) is 2.64. The molecular weight excluding hydrogens is 168 g/mol. The Morgan fingerprint density at radius 2 is 2.33 bits per heavy atom. The van der Waals surface area contributed by atoms with Crippen molar-refractivity contribution in [3.63, 3.8) is 0 Å². The molecule has 0 unspecified atom stereocenters. The number of hydrogen-bond donors (Lipinski definition) is 0. The Balaban J connectivity index is 2.47. The van der Waals surface area contributed by atoms with Crippen LogP contribution in [0.1, 0.15) is 5.69 Å². The average Bonchev–Trinajstić information content (AvgIpc) is 2.05. The smallest absolute Gasteiger partial charge is 0.266 e. The molecule has 0 amide bonds. The molecule has 3 nitrogen and oxygen atoms in total. The topological polar surface area (TPSA) is 34.5 Å². The van der Waals surface area contributed by atoms with E-state index in [-0.39, 0.29) is 0 Å². The molecule has 12 heavy (non-hydrogen) atoms. The maximum atomic E-state index is 5.11.